The lowest BCUT2D eigenvalue weighted by atomic mass is 10.1. The van der Waals surface area contributed by atoms with Gasteiger partial charge in [0.25, 0.3) is 5.56 Å². The predicted octanol–water partition coefficient (Wildman–Crippen LogP) is 4.36. The first-order valence-electron chi connectivity index (χ1n) is 9.33. The van der Waals surface area contributed by atoms with Gasteiger partial charge in [0.05, 0.1) is 23.6 Å². The summed E-state index contributed by atoms with van der Waals surface area (Å²) in [6.07, 6.45) is 1.20. The van der Waals surface area contributed by atoms with Crippen molar-refractivity contribution < 1.29 is 9.53 Å². The first kappa shape index (κ1) is 20.3. The number of nitrogens with zero attached hydrogens (tertiary/aromatic N) is 2. The van der Waals surface area contributed by atoms with Crippen LogP contribution in [0.1, 0.15) is 36.2 Å². The van der Waals surface area contributed by atoms with Crippen LogP contribution in [-0.4, -0.2) is 34.8 Å². The van der Waals surface area contributed by atoms with Gasteiger partial charge in [0.2, 0.25) is 0 Å². The van der Waals surface area contributed by atoms with Gasteiger partial charge in [0.1, 0.15) is 0 Å². The molecular weight excluding hydrogens is 372 g/mol. The second-order valence-electron chi connectivity index (χ2n) is 6.63. The molecule has 0 aliphatic rings. The van der Waals surface area contributed by atoms with E-state index in [0.29, 0.717) is 34.8 Å². The van der Waals surface area contributed by atoms with Crippen molar-refractivity contribution in [3.63, 3.8) is 0 Å². The normalized spacial score (nSPS) is 12.2. The van der Waals surface area contributed by atoms with Crippen molar-refractivity contribution in [1.82, 2.24) is 9.55 Å². The number of aromatic nitrogens is 2. The molecule has 0 unspecified atom stereocenters. The van der Waals surface area contributed by atoms with Crippen LogP contribution in [0.15, 0.2) is 64.5 Å². The first-order chi connectivity index (χ1) is 13.6. The van der Waals surface area contributed by atoms with Crippen molar-refractivity contribution in [2.75, 3.05) is 19.5 Å². The summed E-state index contributed by atoms with van der Waals surface area (Å²) in [6.45, 7) is 2.38. The summed E-state index contributed by atoms with van der Waals surface area (Å²) in [6, 6.07) is 16.6. The molecule has 0 fully saturated rings. The SMILES string of the molecule is COC[C@@H](C)n1c(SCCCC(=O)c2ccccc2)nc2ccccc2c1=O. The molecule has 0 saturated heterocycles. The van der Waals surface area contributed by atoms with Crippen LogP contribution in [-0.2, 0) is 4.74 Å². The molecule has 3 rings (SSSR count). The Balaban J connectivity index is 1.75. The lowest BCUT2D eigenvalue weighted by molar-refractivity contribution is 0.0982. The number of thioether (sulfide) groups is 1. The standard InChI is InChI=1S/C22H24N2O3S/c1-16(15-27-2)24-21(26)18-11-6-7-12-19(18)23-22(24)28-14-8-13-20(25)17-9-4-3-5-10-17/h3-7,9-12,16H,8,13-15H2,1-2H3/t16-/m1/s1. The quantitative estimate of drug-likeness (QED) is 0.233. The predicted molar refractivity (Wildman–Crippen MR) is 113 cm³/mol. The van der Waals surface area contributed by atoms with E-state index < -0.39 is 0 Å². The maximum Gasteiger partial charge on any atom is 0.262 e. The van der Waals surface area contributed by atoms with Crippen LogP contribution < -0.4 is 5.56 Å². The van der Waals surface area contributed by atoms with Gasteiger partial charge in [-0.05, 0) is 25.5 Å². The molecule has 0 bridgehead atoms. The summed E-state index contributed by atoms with van der Waals surface area (Å²) >= 11 is 1.51. The Morgan fingerprint density at radius 2 is 1.86 bits per heavy atom. The van der Waals surface area contributed by atoms with E-state index in [2.05, 4.69) is 0 Å². The van der Waals surface area contributed by atoms with E-state index in [-0.39, 0.29) is 17.4 Å². The van der Waals surface area contributed by atoms with Crippen LogP contribution >= 0.6 is 11.8 Å². The topological polar surface area (TPSA) is 61.2 Å². The number of fused-ring (bicyclic) bond motifs is 1. The maximum atomic E-state index is 13.0. The molecule has 6 heteroatoms. The average Bonchev–Trinajstić information content (AvgIpc) is 2.72. The third-order valence-electron chi connectivity index (χ3n) is 4.50. The zero-order valence-corrected chi connectivity index (χ0v) is 16.9. The van der Waals surface area contributed by atoms with E-state index in [1.165, 1.54) is 11.8 Å². The Hall–Kier alpha value is -2.44. The molecule has 146 valence electrons. The van der Waals surface area contributed by atoms with Crippen LogP contribution in [0.3, 0.4) is 0 Å². The third-order valence-corrected chi connectivity index (χ3v) is 5.54. The molecule has 0 aliphatic carbocycles. The van der Waals surface area contributed by atoms with E-state index in [0.717, 1.165) is 12.0 Å². The first-order valence-corrected chi connectivity index (χ1v) is 10.3. The maximum absolute atomic E-state index is 13.0. The molecule has 2 aromatic carbocycles. The van der Waals surface area contributed by atoms with Gasteiger partial charge in [0.15, 0.2) is 10.9 Å². The highest BCUT2D eigenvalue weighted by Crippen LogP contribution is 2.22. The van der Waals surface area contributed by atoms with Gasteiger partial charge in [-0.3, -0.25) is 14.2 Å². The molecule has 3 aromatic rings. The van der Waals surface area contributed by atoms with Crippen molar-refractivity contribution in [1.29, 1.82) is 0 Å². The second-order valence-corrected chi connectivity index (χ2v) is 7.69. The van der Waals surface area contributed by atoms with E-state index >= 15 is 0 Å². The minimum atomic E-state index is -0.122. The summed E-state index contributed by atoms with van der Waals surface area (Å²) in [4.78, 5) is 29.9. The number of hydrogen-bond acceptors (Lipinski definition) is 5. The van der Waals surface area contributed by atoms with Crippen LogP contribution in [0.25, 0.3) is 10.9 Å². The molecule has 5 nitrogen and oxygen atoms in total. The Kier molecular flexibility index (Phi) is 7.01. The van der Waals surface area contributed by atoms with Gasteiger partial charge < -0.3 is 4.74 Å². The molecule has 0 saturated carbocycles. The van der Waals surface area contributed by atoms with Crippen LogP contribution in [0.4, 0.5) is 0 Å². The molecule has 0 aliphatic heterocycles. The Labute approximate surface area is 168 Å². The van der Waals surface area contributed by atoms with Crippen molar-refractivity contribution in [2.24, 2.45) is 0 Å². The molecule has 1 atom stereocenters. The number of carbonyl (C=O) groups is 1. The van der Waals surface area contributed by atoms with Gasteiger partial charge in [-0.2, -0.15) is 0 Å². The number of methoxy groups -OCH3 is 1. The van der Waals surface area contributed by atoms with Gasteiger partial charge in [-0.1, -0.05) is 54.2 Å². The molecule has 28 heavy (non-hydrogen) atoms. The minimum absolute atomic E-state index is 0.0574. The van der Waals surface area contributed by atoms with E-state index in [4.69, 9.17) is 9.72 Å². The summed E-state index contributed by atoms with van der Waals surface area (Å²) in [5.41, 5.74) is 1.37. The molecular formula is C22H24N2O3S. The zero-order valence-electron chi connectivity index (χ0n) is 16.1. The van der Waals surface area contributed by atoms with Crippen LogP contribution in [0, 0.1) is 0 Å². The lowest BCUT2D eigenvalue weighted by Crippen LogP contribution is -2.28. The fraction of sp³-hybridized carbons (Fsp3) is 0.318. The summed E-state index contributed by atoms with van der Waals surface area (Å²) in [5, 5.41) is 1.27. The van der Waals surface area contributed by atoms with E-state index in [9.17, 15) is 9.59 Å². The molecule has 0 amide bonds. The number of benzene rings is 2. The number of ketones is 1. The molecule has 1 heterocycles. The number of hydrogen-bond donors (Lipinski definition) is 0. The molecule has 1 aromatic heterocycles. The van der Waals surface area contributed by atoms with Crippen molar-refractivity contribution in [3.05, 3.63) is 70.5 Å². The number of Topliss-reactive ketones (excluding diaryl/α,β-unsaturated/α-hetero) is 1. The van der Waals surface area contributed by atoms with Crippen molar-refractivity contribution in [2.45, 2.75) is 31.0 Å². The highest BCUT2D eigenvalue weighted by atomic mass is 32.2. The largest absolute Gasteiger partial charge is 0.383 e. The third kappa shape index (κ3) is 4.69. The van der Waals surface area contributed by atoms with Crippen LogP contribution in [0.5, 0.6) is 0 Å². The Bertz CT molecular complexity index is 1000. The van der Waals surface area contributed by atoms with E-state index in [1.807, 2.05) is 55.5 Å². The zero-order chi connectivity index (χ0) is 19.9. The van der Waals surface area contributed by atoms with Gasteiger partial charge >= 0.3 is 0 Å². The Morgan fingerprint density at radius 1 is 1.14 bits per heavy atom. The van der Waals surface area contributed by atoms with Crippen molar-refractivity contribution >= 4 is 28.4 Å². The number of carbonyl (C=O) groups excluding carboxylic acids is 1. The highest BCUT2D eigenvalue weighted by Gasteiger charge is 2.16. The van der Waals surface area contributed by atoms with Gasteiger partial charge in [-0.25, -0.2) is 4.98 Å². The van der Waals surface area contributed by atoms with Gasteiger partial charge in [-0.15, -0.1) is 0 Å². The summed E-state index contributed by atoms with van der Waals surface area (Å²) in [5.74, 6) is 0.848. The average molecular weight is 397 g/mol. The number of ether oxygens (including phenoxy) is 1. The number of rotatable bonds is 9. The minimum Gasteiger partial charge on any atom is -0.383 e. The monoisotopic (exact) mass is 396 g/mol. The molecule has 0 spiro atoms. The molecule has 0 radical (unpaired) electrons. The van der Waals surface area contributed by atoms with Crippen molar-refractivity contribution in [3.8, 4) is 0 Å². The Morgan fingerprint density at radius 3 is 2.61 bits per heavy atom. The highest BCUT2D eigenvalue weighted by molar-refractivity contribution is 7.99. The fourth-order valence-corrected chi connectivity index (χ4v) is 4.13. The van der Waals surface area contributed by atoms with E-state index in [1.54, 1.807) is 17.7 Å². The molecule has 0 N–H and O–H groups in total. The lowest BCUT2D eigenvalue weighted by Gasteiger charge is -2.18. The second kappa shape index (κ2) is 9.66. The van der Waals surface area contributed by atoms with Crippen LogP contribution in [0.2, 0.25) is 0 Å². The summed E-state index contributed by atoms with van der Waals surface area (Å²) in [7, 11) is 1.62. The summed E-state index contributed by atoms with van der Waals surface area (Å²) < 4.78 is 6.95. The fourth-order valence-electron chi connectivity index (χ4n) is 3.10. The van der Waals surface area contributed by atoms with Gasteiger partial charge in [0, 0.05) is 24.8 Å². The smallest absolute Gasteiger partial charge is 0.262 e. The number of para-hydroxylation sites is 1.